The van der Waals surface area contributed by atoms with Gasteiger partial charge in [-0.15, -0.1) is 0 Å². The molecule has 0 bridgehead atoms. The Morgan fingerprint density at radius 2 is 2.06 bits per heavy atom. The molecule has 1 heterocycles. The van der Waals surface area contributed by atoms with Gasteiger partial charge in [0.25, 0.3) is 0 Å². The summed E-state index contributed by atoms with van der Waals surface area (Å²) in [4.78, 5) is 3.85. The molecule has 5 nitrogen and oxygen atoms in total. The van der Waals surface area contributed by atoms with E-state index in [1.165, 1.54) is 6.33 Å². The van der Waals surface area contributed by atoms with Crippen LogP contribution in [0.3, 0.4) is 0 Å². The summed E-state index contributed by atoms with van der Waals surface area (Å²) in [5.41, 5.74) is -0.370. The predicted octanol–water partition coefficient (Wildman–Crippen LogP) is 0.932. The Bertz CT molecular complexity index is 471. The number of aromatic nitrogens is 2. The third-order valence-electron chi connectivity index (χ3n) is 3.05. The number of nitriles is 2. The second-order valence-electron chi connectivity index (χ2n) is 4.22. The maximum Gasteiger partial charge on any atom is 0.176 e. The van der Waals surface area contributed by atoms with Gasteiger partial charge in [0.1, 0.15) is 12.1 Å². The molecule has 5 heteroatoms. The maximum atomic E-state index is 10.2. The highest BCUT2D eigenvalue weighted by Gasteiger charge is 2.32. The Morgan fingerprint density at radius 1 is 1.38 bits per heavy atom. The molecule has 0 atom stereocenters. The molecule has 1 N–H and O–H groups in total. The quantitative estimate of drug-likeness (QED) is 0.796. The van der Waals surface area contributed by atoms with Crippen molar-refractivity contribution in [1.82, 2.24) is 9.55 Å². The first-order chi connectivity index (χ1) is 7.68. The molecule has 2 rings (SSSR count). The van der Waals surface area contributed by atoms with Crippen LogP contribution in [0, 0.1) is 22.7 Å². The van der Waals surface area contributed by atoms with E-state index in [2.05, 4.69) is 4.98 Å². The van der Waals surface area contributed by atoms with Crippen molar-refractivity contribution in [3.63, 3.8) is 0 Å². The lowest BCUT2D eigenvalue weighted by Crippen LogP contribution is -2.30. The minimum atomic E-state index is -0.737. The highest BCUT2D eigenvalue weighted by atomic mass is 16.3. The number of imidazole rings is 1. The van der Waals surface area contributed by atoms with Gasteiger partial charge in [-0.3, -0.25) is 0 Å². The summed E-state index contributed by atoms with van der Waals surface area (Å²) >= 11 is 0. The topological polar surface area (TPSA) is 85.6 Å². The van der Waals surface area contributed by atoms with Gasteiger partial charge in [-0.05, 0) is 12.8 Å². The smallest absolute Gasteiger partial charge is 0.176 e. The van der Waals surface area contributed by atoms with E-state index in [9.17, 15) is 5.11 Å². The van der Waals surface area contributed by atoms with Gasteiger partial charge in [-0.25, -0.2) is 4.98 Å². The van der Waals surface area contributed by atoms with Crippen molar-refractivity contribution in [1.29, 1.82) is 10.5 Å². The Kier molecular flexibility index (Phi) is 2.64. The second kappa shape index (κ2) is 3.96. The Morgan fingerprint density at radius 3 is 2.62 bits per heavy atom. The van der Waals surface area contributed by atoms with E-state index < -0.39 is 5.60 Å². The van der Waals surface area contributed by atoms with Crippen molar-refractivity contribution in [3.05, 3.63) is 17.7 Å². The first-order valence-corrected chi connectivity index (χ1v) is 5.26. The molecule has 0 saturated heterocycles. The molecule has 16 heavy (non-hydrogen) atoms. The molecule has 0 aliphatic heterocycles. The molecule has 1 aromatic rings. The molecule has 0 unspecified atom stereocenters. The average Bonchev–Trinajstić information content (AvgIpc) is 2.85. The number of rotatable bonds is 2. The maximum absolute atomic E-state index is 10.2. The van der Waals surface area contributed by atoms with Gasteiger partial charge in [0, 0.05) is 0 Å². The first-order valence-electron chi connectivity index (χ1n) is 5.26. The van der Waals surface area contributed by atoms with Crippen molar-refractivity contribution in [2.45, 2.75) is 37.8 Å². The van der Waals surface area contributed by atoms with Crippen molar-refractivity contribution >= 4 is 0 Å². The van der Waals surface area contributed by atoms with Crippen LogP contribution >= 0.6 is 0 Å². The zero-order valence-electron chi connectivity index (χ0n) is 8.85. The summed E-state index contributed by atoms with van der Waals surface area (Å²) in [6.45, 7) is 0.352. The molecule has 0 aromatic carbocycles. The fourth-order valence-electron chi connectivity index (χ4n) is 2.21. The molecule has 1 aliphatic rings. The van der Waals surface area contributed by atoms with Gasteiger partial charge in [0.15, 0.2) is 11.4 Å². The number of aliphatic hydroxyl groups is 1. The van der Waals surface area contributed by atoms with Crippen LogP contribution in [0.25, 0.3) is 0 Å². The molecule has 82 valence electrons. The van der Waals surface area contributed by atoms with Crippen LogP contribution < -0.4 is 0 Å². The zero-order chi connectivity index (χ0) is 11.6. The van der Waals surface area contributed by atoms with Crippen molar-refractivity contribution in [3.8, 4) is 12.1 Å². The minimum absolute atomic E-state index is 0.129. The monoisotopic (exact) mass is 216 g/mol. The first kappa shape index (κ1) is 10.7. The van der Waals surface area contributed by atoms with Crippen LogP contribution in [0.1, 0.15) is 37.1 Å². The summed E-state index contributed by atoms with van der Waals surface area (Å²) < 4.78 is 1.57. The van der Waals surface area contributed by atoms with E-state index in [0.29, 0.717) is 6.54 Å². The number of hydrogen-bond acceptors (Lipinski definition) is 4. The van der Waals surface area contributed by atoms with E-state index in [-0.39, 0.29) is 11.4 Å². The van der Waals surface area contributed by atoms with Crippen LogP contribution in [0.5, 0.6) is 0 Å². The zero-order valence-corrected chi connectivity index (χ0v) is 8.85. The van der Waals surface area contributed by atoms with Crippen LogP contribution in [0.15, 0.2) is 6.33 Å². The van der Waals surface area contributed by atoms with Crippen LogP contribution in [-0.4, -0.2) is 20.3 Å². The largest absolute Gasteiger partial charge is 0.388 e. The fourth-order valence-corrected chi connectivity index (χ4v) is 2.21. The third-order valence-corrected chi connectivity index (χ3v) is 3.05. The lowest BCUT2D eigenvalue weighted by molar-refractivity contribution is 0.0297. The van der Waals surface area contributed by atoms with Crippen molar-refractivity contribution < 1.29 is 5.11 Å². The normalized spacial score (nSPS) is 17.9. The highest BCUT2D eigenvalue weighted by Crippen LogP contribution is 2.31. The SMILES string of the molecule is N#Cc1ncn(CC2(O)CCCC2)c1C#N. The van der Waals surface area contributed by atoms with Crippen LogP contribution in [0.2, 0.25) is 0 Å². The van der Waals surface area contributed by atoms with E-state index in [1.54, 1.807) is 4.57 Å². The highest BCUT2D eigenvalue weighted by molar-refractivity contribution is 5.36. The average molecular weight is 216 g/mol. The van der Waals surface area contributed by atoms with Crippen LogP contribution in [-0.2, 0) is 6.54 Å². The Hall–Kier alpha value is -1.85. The molecular formula is C11H12N4O. The summed E-state index contributed by atoms with van der Waals surface area (Å²) in [5.74, 6) is 0. The van der Waals surface area contributed by atoms with Crippen molar-refractivity contribution in [2.24, 2.45) is 0 Å². The fraction of sp³-hybridized carbons (Fsp3) is 0.545. The van der Waals surface area contributed by atoms with Crippen molar-refractivity contribution in [2.75, 3.05) is 0 Å². The summed E-state index contributed by atoms with van der Waals surface area (Å²) in [5, 5.41) is 27.9. The van der Waals surface area contributed by atoms with Gasteiger partial charge in [0.05, 0.1) is 18.5 Å². The summed E-state index contributed by atoms with van der Waals surface area (Å²) in [6, 6.07) is 3.82. The van der Waals surface area contributed by atoms with Gasteiger partial charge in [0.2, 0.25) is 0 Å². The Labute approximate surface area is 93.6 Å². The predicted molar refractivity (Wildman–Crippen MR) is 55.1 cm³/mol. The molecule has 1 saturated carbocycles. The summed E-state index contributed by atoms with van der Waals surface area (Å²) in [7, 11) is 0. The number of nitrogens with zero attached hydrogens (tertiary/aromatic N) is 4. The molecule has 0 spiro atoms. The van der Waals surface area contributed by atoms with Crippen LogP contribution in [0.4, 0.5) is 0 Å². The third kappa shape index (κ3) is 1.78. The van der Waals surface area contributed by atoms with Gasteiger partial charge >= 0.3 is 0 Å². The molecule has 1 aliphatic carbocycles. The van der Waals surface area contributed by atoms with E-state index in [0.717, 1.165) is 25.7 Å². The van der Waals surface area contributed by atoms with Gasteiger partial charge < -0.3 is 9.67 Å². The lowest BCUT2D eigenvalue weighted by Gasteiger charge is -2.22. The molecule has 1 aromatic heterocycles. The van der Waals surface area contributed by atoms with Gasteiger partial charge in [-0.2, -0.15) is 10.5 Å². The number of hydrogen-bond donors (Lipinski definition) is 1. The standard InChI is InChI=1S/C11H12N4O/c12-5-9-10(6-13)15(8-14-9)7-11(16)3-1-2-4-11/h8,16H,1-4,7H2. The van der Waals surface area contributed by atoms with Gasteiger partial charge in [-0.1, -0.05) is 12.8 Å². The van der Waals surface area contributed by atoms with E-state index in [1.807, 2.05) is 12.1 Å². The molecule has 0 radical (unpaired) electrons. The second-order valence-corrected chi connectivity index (χ2v) is 4.22. The molecular weight excluding hydrogens is 204 g/mol. The molecule has 0 amide bonds. The Balaban J connectivity index is 2.26. The van der Waals surface area contributed by atoms with E-state index >= 15 is 0 Å². The summed E-state index contributed by atoms with van der Waals surface area (Å²) in [6.07, 6.45) is 4.97. The lowest BCUT2D eigenvalue weighted by atomic mass is 10.0. The van der Waals surface area contributed by atoms with E-state index in [4.69, 9.17) is 10.5 Å². The minimum Gasteiger partial charge on any atom is -0.388 e. The molecule has 1 fully saturated rings.